The Morgan fingerprint density at radius 2 is 1.87 bits per heavy atom. The van der Waals surface area contributed by atoms with E-state index in [9.17, 15) is 4.79 Å². The number of benzene rings is 1. The van der Waals surface area contributed by atoms with E-state index in [2.05, 4.69) is 36.1 Å². The van der Waals surface area contributed by atoms with Gasteiger partial charge in [0.25, 0.3) is 0 Å². The summed E-state index contributed by atoms with van der Waals surface area (Å²) in [5, 5.41) is 0. The molecular weight excluding hydrogens is 286 g/mol. The van der Waals surface area contributed by atoms with Crippen LogP contribution in [0.5, 0.6) is 0 Å². The van der Waals surface area contributed by atoms with Gasteiger partial charge in [0.05, 0.1) is 5.92 Å². The fourth-order valence-electron chi connectivity index (χ4n) is 3.95. The molecule has 1 saturated heterocycles. The van der Waals surface area contributed by atoms with Crippen LogP contribution >= 0.6 is 0 Å². The summed E-state index contributed by atoms with van der Waals surface area (Å²) < 4.78 is 0. The molecule has 126 valence electrons. The lowest BCUT2D eigenvalue weighted by Crippen LogP contribution is -2.57. The average molecular weight is 315 g/mol. The zero-order valence-corrected chi connectivity index (χ0v) is 14.2. The summed E-state index contributed by atoms with van der Waals surface area (Å²) >= 11 is 0. The largest absolute Gasteiger partial charge is 0.340 e. The maximum absolute atomic E-state index is 12.9. The van der Waals surface area contributed by atoms with E-state index in [4.69, 9.17) is 5.73 Å². The number of nitrogens with two attached hydrogens (primary N) is 1. The normalized spacial score (nSPS) is 29.5. The van der Waals surface area contributed by atoms with Gasteiger partial charge >= 0.3 is 0 Å². The summed E-state index contributed by atoms with van der Waals surface area (Å²) in [5.41, 5.74) is 7.42. The first-order valence-corrected chi connectivity index (χ1v) is 8.90. The Bertz CT molecular complexity index is 521. The third-order valence-electron chi connectivity index (χ3n) is 5.49. The van der Waals surface area contributed by atoms with Gasteiger partial charge in [0.2, 0.25) is 5.91 Å². The lowest BCUT2D eigenvalue weighted by Gasteiger charge is -2.42. The van der Waals surface area contributed by atoms with E-state index in [1.54, 1.807) is 0 Å². The average Bonchev–Trinajstić information content (AvgIpc) is 2.55. The van der Waals surface area contributed by atoms with Crippen molar-refractivity contribution in [1.29, 1.82) is 0 Å². The van der Waals surface area contributed by atoms with Crippen LogP contribution in [-0.2, 0) is 11.3 Å². The lowest BCUT2D eigenvalue weighted by molar-refractivity contribution is -0.140. The van der Waals surface area contributed by atoms with Crippen LogP contribution in [0.25, 0.3) is 0 Å². The zero-order chi connectivity index (χ0) is 16.3. The van der Waals surface area contributed by atoms with Crippen molar-refractivity contribution in [3.05, 3.63) is 35.9 Å². The number of rotatable bonds is 3. The molecule has 1 saturated carbocycles. The van der Waals surface area contributed by atoms with Crippen LogP contribution in [0.2, 0.25) is 0 Å². The third kappa shape index (κ3) is 3.93. The highest BCUT2D eigenvalue weighted by Gasteiger charge is 2.40. The van der Waals surface area contributed by atoms with E-state index >= 15 is 0 Å². The molecule has 0 radical (unpaired) electrons. The molecule has 1 aliphatic carbocycles. The molecule has 2 unspecified atom stereocenters. The van der Waals surface area contributed by atoms with Gasteiger partial charge in [0, 0.05) is 38.3 Å². The molecule has 1 amide bonds. The van der Waals surface area contributed by atoms with E-state index in [-0.39, 0.29) is 17.4 Å². The molecule has 3 rings (SSSR count). The molecule has 0 bridgehead atoms. The van der Waals surface area contributed by atoms with Crippen LogP contribution in [0.1, 0.15) is 38.2 Å². The quantitative estimate of drug-likeness (QED) is 0.930. The van der Waals surface area contributed by atoms with Gasteiger partial charge in [-0.15, -0.1) is 0 Å². The maximum atomic E-state index is 12.9. The van der Waals surface area contributed by atoms with Crippen LogP contribution in [0.3, 0.4) is 0 Å². The molecule has 1 aromatic rings. The van der Waals surface area contributed by atoms with Crippen LogP contribution in [0.4, 0.5) is 0 Å². The fraction of sp³-hybridized carbons (Fsp3) is 0.632. The number of carbonyl (C=O) groups excluding carboxylic acids is 1. The van der Waals surface area contributed by atoms with Crippen molar-refractivity contribution in [3.8, 4) is 0 Å². The second kappa shape index (κ2) is 7.02. The van der Waals surface area contributed by atoms with Gasteiger partial charge in [-0.1, -0.05) is 43.2 Å². The van der Waals surface area contributed by atoms with Gasteiger partial charge in [0.1, 0.15) is 0 Å². The SMILES string of the molecule is CC1(N)CCCCC1C(=O)N1CCN(Cc2ccccc2)CC1. The molecule has 2 N–H and O–H groups in total. The molecule has 23 heavy (non-hydrogen) atoms. The molecule has 1 aliphatic heterocycles. The molecule has 4 nitrogen and oxygen atoms in total. The van der Waals surface area contributed by atoms with E-state index in [0.29, 0.717) is 0 Å². The summed E-state index contributed by atoms with van der Waals surface area (Å²) in [6, 6.07) is 10.5. The van der Waals surface area contributed by atoms with Crippen LogP contribution in [0.15, 0.2) is 30.3 Å². The fourth-order valence-corrected chi connectivity index (χ4v) is 3.95. The van der Waals surface area contributed by atoms with Crippen molar-refractivity contribution in [1.82, 2.24) is 9.80 Å². The van der Waals surface area contributed by atoms with Crippen molar-refractivity contribution in [2.45, 2.75) is 44.7 Å². The summed E-state index contributed by atoms with van der Waals surface area (Å²) in [7, 11) is 0. The first-order valence-electron chi connectivity index (χ1n) is 8.90. The first kappa shape index (κ1) is 16.5. The van der Waals surface area contributed by atoms with Gasteiger partial charge < -0.3 is 10.6 Å². The predicted octanol–water partition coefficient (Wildman–Crippen LogP) is 2.24. The number of hydrogen-bond donors (Lipinski definition) is 1. The minimum absolute atomic E-state index is 0.0110. The van der Waals surface area contributed by atoms with Gasteiger partial charge in [-0.2, -0.15) is 0 Å². The van der Waals surface area contributed by atoms with Crippen molar-refractivity contribution < 1.29 is 4.79 Å². The monoisotopic (exact) mass is 315 g/mol. The summed E-state index contributed by atoms with van der Waals surface area (Å²) in [4.78, 5) is 17.3. The zero-order valence-electron chi connectivity index (χ0n) is 14.2. The summed E-state index contributed by atoms with van der Waals surface area (Å²) in [6.07, 6.45) is 4.21. The molecule has 0 spiro atoms. The lowest BCUT2D eigenvalue weighted by atomic mass is 9.74. The Morgan fingerprint density at radius 3 is 2.52 bits per heavy atom. The molecule has 1 aromatic carbocycles. The number of piperazine rings is 1. The van der Waals surface area contributed by atoms with Crippen LogP contribution in [0, 0.1) is 5.92 Å². The number of nitrogens with zero attached hydrogens (tertiary/aromatic N) is 2. The van der Waals surface area contributed by atoms with E-state index in [1.807, 2.05) is 11.0 Å². The molecule has 2 fully saturated rings. The Labute approximate surface area is 139 Å². The minimum Gasteiger partial charge on any atom is -0.340 e. The molecule has 4 heteroatoms. The smallest absolute Gasteiger partial charge is 0.227 e. The topological polar surface area (TPSA) is 49.6 Å². The minimum atomic E-state index is -0.323. The van der Waals surface area contributed by atoms with Gasteiger partial charge in [-0.3, -0.25) is 9.69 Å². The number of amides is 1. The molecule has 1 heterocycles. The number of carbonyl (C=O) groups is 1. The molecule has 0 aromatic heterocycles. The van der Waals surface area contributed by atoms with E-state index in [0.717, 1.165) is 58.4 Å². The predicted molar refractivity (Wildman–Crippen MR) is 92.8 cm³/mol. The summed E-state index contributed by atoms with van der Waals surface area (Å²) in [5.74, 6) is 0.297. The highest BCUT2D eigenvalue weighted by atomic mass is 16.2. The first-order chi connectivity index (χ1) is 11.1. The molecular formula is C19H29N3O. The highest BCUT2D eigenvalue weighted by molar-refractivity contribution is 5.80. The highest BCUT2D eigenvalue weighted by Crippen LogP contribution is 2.33. The van der Waals surface area contributed by atoms with Crippen molar-refractivity contribution in [2.75, 3.05) is 26.2 Å². The van der Waals surface area contributed by atoms with Crippen LogP contribution < -0.4 is 5.73 Å². The summed E-state index contributed by atoms with van der Waals surface area (Å²) in [6.45, 7) is 6.60. The van der Waals surface area contributed by atoms with Gasteiger partial charge in [-0.25, -0.2) is 0 Å². The number of hydrogen-bond acceptors (Lipinski definition) is 3. The third-order valence-corrected chi connectivity index (χ3v) is 5.49. The Balaban J connectivity index is 1.53. The van der Waals surface area contributed by atoms with Crippen LogP contribution in [-0.4, -0.2) is 47.4 Å². The van der Waals surface area contributed by atoms with Crippen molar-refractivity contribution in [2.24, 2.45) is 11.7 Å². The van der Waals surface area contributed by atoms with Crippen molar-refractivity contribution >= 4 is 5.91 Å². The molecule has 2 aliphatic rings. The second-order valence-corrected chi connectivity index (χ2v) is 7.39. The Kier molecular flexibility index (Phi) is 5.02. The maximum Gasteiger partial charge on any atom is 0.227 e. The van der Waals surface area contributed by atoms with Gasteiger partial charge in [-0.05, 0) is 25.3 Å². The van der Waals surface area contributed by atoms with E-state index < -0.39 is 0 Å². The Hall–Kier alpha value is -1.39. The van der Waals surface area contributed by atoms with Crippen molar-refractivity contribution in [3.63, 3.8) is 0 Å². The standard InChI is InChI=1S/C19H29N3O/c1-19(20)10-6-5-9-17(19)18(23)22-13-11-21(12-14-22)15-16-7-3-2-4-8-16/h2-4,7-8,17H,5-6,9-15,20H2,1H3. The molecule has 2 atom stereocenters. The Morgan fingerprint density at radius 1 is 1.17 bits per heavy atom. The van der Waals surface area contributed by atoms with E-state index in [1.165, 1.54) is 5.56 Å². The van der Waals surface area contributed by atoms with Gasteiger partial charge in [0.15, 0.2) is 0 Å². The second-order valence-electron chi connectivity index (χ2n) is 7.39.